The summed E-state index contributed by atoms with van der Waals surface area (Å²) in [6.45, 7) is 5.37. The zero-order valence-corrected chi connectivity index (χ0v) is 32.1. The van der Waals surface area contributed by atoms with Crippen molar-refractivity contribution in [3.63, 3.8) is 0 Å². The second-order valence-corrected chi connectivity index (χ2v) is 14.4. The number of allylic oxidation sites excluding steroid dienone is 2. The molecule has 0 aliphatic carbocycles. The van der Waals surface area contributed by atoms with E-state index in [1.165, 1.54) is 193 Å². The molecule has 1 unspecified atom stereocenters. The molecule has 0 fully saturated rings. The van der Waals surface area contributed by atoms with Gasteiger partial charge in [-0.2, -0.15) is 0 Å². The smallest absolute Gasteiger partial charge is 0.306 e. The largest absolute Gasteiger partial charge is 0.457 e. The Morgan fingerprint density at radius 1 is 0.489 bits per heavy atom. The van der Waals surface area contributed by atoms with Crippen molar-refractivity contribution >= 4 is 5.97 Å². The minimum atomic E-state index is -0.526. The molecule has 0 saturated heterocycles. The zero-order chi connectivity index (χ0) is 34.1. The van der Waals surface area contributed by atoms with Gasteiger partial charge in [0.05, 0.1) is 13.2 Å². The summed E-state index contributed by atoms with van der Waals surface area (Å²) in [6.07, 6.45) is 48.5. The highest BCUT2D eigenvalue weighted by molar-refractivity contribution is 5.69. The fraction of sp³-hybridized carbons (Fsp3) is 0.930. The van der Waals surface area contributed by atoms with Crippen molar-refractivity contribution in [1.29, 1.82) is 0 Å². The number of carbonyl (C=O) groups is 1. The summed E-state index contributed by atoms with van der Waals surface area (Å²) in [6, 6.07) is 0. The Balaban J connectivity index is 3.34. The highest BCUT2D eigenvalue weighted by atomic mass is 16.6. The molecule has 1 N–H and O–H groups in total. The molecule has 0 amide bonds. The van der Waals surface area contributed by atoms with E-state index in [0.29, 0.717) is 19.6 Å². The van der Waals surface area contributed by atoms with Crippen LogP contribution in [0, 0.1) is 0 Å². The summed E-state index contributed by atoms with van der Waals surface area (Å²) in [5.41, 5.74) is 0. The number of hydrogen-bond donors (Lipinski definition) is 1. The Morgan fingerprint density at radius 2 is 0.830 bits per heavy atom. The van der Waals surface area contributed by atoms with E-state index in [1.54, 1.807) is 0 Å². The van der Waals surface area contributed by atoms with Crippen molar-refractivity contribution in [3.05, 3.63) is 12.2 Å². The van der Waals surface area contributed by atoms with Crippen molar-refractivity contribution in [1.82, 2.24) is 0 Å². The Kier molecular flexibility index (Phi) is 40.5. The van der Waals surface area contributed by atoms with Crippen LogP contribution in [0.1, 0.15) is 232 Å². The molecular formula is C43H84O4. The molecular weight excluding hydrogens is 580 g/mol. The highest BCUT2D eigenvalue weighted by Crippen LogP contribution is 2.15. The lowest BCUT2D eigenvalue weighted by Gasteiger charge is -2.16. The van der Waals surface area contributed by atoms with E-state index in [0.717, 1.165) is 19.3 Å². The van der Waals surface area contributed by atoms with Gasteiger partial charge in [0.2, 0.25) is 0 Å². The normalized spacial score (nSPS) is 12.3. The van der Waals surface area contributed by atoms with E-state index < -0.39 is 6.10 Å². The quantitative estimate of drug-likeness (QED) is 0.0402. The summed E-state index contributed by atoms with van der Waals surface area (Å²) in [4.78, 5) is 12.1. The number of carbonyl (C=O) groups excluding carboxylic acids is 1. The van der Waals surface area contributed by atoms with Gasteiger partial charge in [-0.15, -0.1) is 0 Å². The lowest BCUT2D eigenvalue weighted by atomic mass is 10.0. The van der Waals surface area contributed by atoms with Crippen LogP contribution >= 0.6 is 0 Å². The summed E-state index contributed by atoms with van der Waals surface area (Å²) in [5.74, 6) is -0.198. The predicted octanol–water partition coefficient (Wildman–Crippen LogP) is 13.8. The molecule has 1 atom stereocenters. The molecule has 4 nitrogen and oxygen atoms in total. The van der Waals surface area contributed by atoms with Crippen LogP contribution in [-0.2, 0) is 14.3 Å². The molecule has 4 heteroatoms. The first-order valence-electron chi connectivity index (χ1n) is 21.3. The minimum Gasteiger partial charge on any atom is -0.457 e. The van der Waals surface area contributed by atoms with Crippen molar-refractivity contribution in [3.8, 4) is 0 Å². The van der Waals surface area contributed by atoms with E-state index in [9.17, 15) is 9.90 Å². The maximum atomic E-state index is 12.1. The number of aliphatic hydroxyl groups is 1. The van der Waals surface area contributed by atoms with Gasteiger partial charge >= 0.3 is 5.97 Å². The molecule has 0 heterocycles. The molecule has 0 aromatic rings. The molecule has 0 radical (unpaired) electrons. The van der Waals surface area contributed by atoms with E-state index in [1.807, 2.05) is 0 Å². The lowest BCUT2D eigenvalue weighted by Crippen LogP contribution is -2.27. The van der Waals surface area contributed by atoms with Crippen molar-refractivity contribution < 1.29 is 19.4 Å². The molecule has 0 bridgehead atoms. The van der Waals surface area contributed by atoms with Gasteiger partial charge in [-0.1, -0.05) is 199 Å². The number of ether oxygens (including phenoxy) is 2. The van der Waals surface area contributed by atoms with Crippen molar-refractivity contribution in [2.24, 2.45) is 0 Å². The van der Waals surface area contributed by atoms with Crippen LogP contribution in [0.5, 0.6) is 0 Å². The van der Waals surface area contributed by atoms with Crippen LogP contribution in [0.25, 0.3) is 0 Å². The van der Waals surface area contributed by atoms with Crippen molar-refractivity contribution in [2.45, 2.75) is 238 Å². The summed E-state index contributed by atoms with van der Waals surface area (Å²) in [7, 11) is 0. The van der Waals surface area contributed by atoms with Gasteiger partial charge < -0.3 is 14.6 Å². The number of unbranched alkanes of at least 4 members (excludes halogenated alkanes) is 30. The molecule has 0 aliphatic rings. The van der Waals surface area contributed by atoms with E-state index in [4.69, 9.17) is 9.47 Å². The van der Waals surface area contributed by atoms with Gasteiger partial charge in [-0.25, -0.2) is 0 Å². The summed E-state index contributed by atoms with van der Waals surface area (Å²) in [5, 5.41) is 9.57. The Morgan fingerprint density at radius 3 is 1.21 bits per heavy atom. The molecule has 0 rings (SSSR count). The van der Waals surface area contributed by atoms with Crippen LogP contribution in [0.4, 0.5) is 0 Å². The van der Waals surface area contributed by atoms with Crippen LogP contribution in [0.2, 0.25) is 0 Å². The monoisotopic (exact) mass is 665 g/mol. The first kappa shape index (κ1) is 46.1. The third-order valence-electron chi connectivity index (χ3n) is 9.59. The maximum absolute atomic E-state index is 12.1. The van der Waals surface area contributed by atoms with Gasteiger partial charge in [-0.05, 0) is 38.5 Å². The fourth-order valence-corrected chi connectivity index (χ4v) is 6.38. The van der Waals surface area contributed by atoms with E-state index in [2.05, 4.69) is 26.0 Å². The second kappa shape index (κ2) is 41.3. The number of hydrogen-bond acceptors (Lipinski definition) is 4. The predicted molar refractivity (Wildman–Crippen MR) is 205 cm³/mol. The van der Waals surface area contributed by atoms with Gasteiger partial charge in [-0.3, -0.25) is 4.79 Å². The van der Waals surface area contributed by atoms with E-state index in [-0.39, 0.29) is 12.6 Å². The highest BCUT2D eigenvalue weighted by Gasteiger charge is 2.13. The Bertz CT molecular complexity index is 619. The first-order chi connectivity index (χ1) is 23.2. The molecule has 0 aromatic heterocycles. The minimum absolute atomic E-state index is 0.166. The van der Waals surface area contributed by atoms with Crippen LogP contribution < -0.4 is 0 Å². The molecule has 280 valence electrons. The van der Waals surface area contributed by atoms with Gasteiger partial charge in [0.1, 0.15) is 6.10 Å². The SMILES string of the molecule is CCCCCCCCCC/C=C\CCCCCCCCCCCCCCOCC(CO)OC(=O)CCCCCCCCCCCCC. The first-order valence-corrected chi connectivity index (χ1v) is 21.3. The molecule has 0 spiro atoms. The molecule has 0 aromatic carbocycles. The molecule has 0 aliphatic heterocycles. The number of rotatable bonds is 40. The van der Waals surface area contributed by atoms with Crippen molar-refractivity contribution in [2.75, 3.05) is 19.8 Å². The standard InChI is InChI=1S/C43H84O4/c1-3-5-7-9-11-13-15-16-17-18-19-20-21-22-23-24-25-26-27-29-31-33-35-37-39-46-41-42(40-44)47-43(45)38-36-34-32-30-28-14-12-10-8-6-4-2/h18-19,42,44H,3-17,20-41H2,1-2H3/b19-18-. The second-order valence-electron chi connectivity index (χ2n) is 14.4. The number of aliphatic hydroxyl groups excluding tert-OH is 1. The topological polar surface area (TPSA) is 55.8 Å². The third kappa shape index (κ3) is 39.5. The average molecular weight is 665 g/mol. The van der Waals surface area contributed by atoms with Gasteiger partial charge in [0.15, 0.2) is 0 Å². The van der Waals surface area contributed by atoms with E-state index >= 15 is 0 Å². The number of esters is 1. The van der Waals surface area contributed by atoms with Gasteiger partial charge in [0, 0.05) is 13.0 Å². The zero-order valence-electron chi connectivity index (χ0n) is 32.1. The Labute approximate surface area is 295 Å². The summed E-state index contributed by atoms with van der Waals surface area (Å²) < 4.78 is 11.1. The van der Waals surface area contributed by atoms with Crippen LogP contribution in [-0.4, -0.2) is 37.0 Å². The van der Waals surface area contributed by atoms with Crippen LogP contribution in [0.15, 0.2) is 12.2 Å². The molecule has 0 saturated carbocycles. The Hall–Kier alpha value is -0.870. The molecule has 47 heavy (non-hydrogen) atoms. The van der Waals surface area contributed by atoms with Gasteiger partial charge in [0.25, 0.3) is 0 Å². The third-order valence-corrected chi connectivity index (χ3v) is 9.59. The fourth-order valence-electron chi connectivity index (χ4n) is 6.38. The maximum Gasteiger partial charge on any atom is 0.306 e. The lowest BCUT2D eigenvalue weighted by molar-refractivity contribution is -0.154. The average Bonchev–Trinajstić information content (AvgIpc) is 3.08. The summed E-state index contributed by atoms with van der Waals surface area (Å²) >= 11 is 0. The van der Waals surface area contributed by atoms with Crippen LogP contribution in [0.3, 0.4) is 0 Å².